The second-order valence-electron chi connectivity index (χ2n) is 6.27. The highest BCUT2D eigenvalue weighted by molar-refractivity contribution is 5.78. The number of aliphatic hydroxyl groups excluding tert-OH is 1. The van der Waals surface area contributed by atoms with Gasteiger partial charge in [0.25, 0.3) is 0 Å². The minimum atomic E-state index is 0.0138. The minimum absolute atomic E-state index is 0.0138. The topological polar surface area (TPSA) is 57.8 Å². The molecule has 0 radical (unpaired) electrons. The number of aliphatic hydroxyl groups is 1. The van der Waals surface area contributed by atoms with Gasteiger partial charge in [-0.05, 0) is 36.8 Å². The molecule has 0 unspecified atom stereocenters. The summed E-state index contributed by atoms with van der Waals surface area (Å²) in [4.78, 5) is 18.8. The van der Waals surface area contributed by atoms with Crippen molar-refractivity contribution in [2.75, 3.05) is 19.7 Å². The number of rotatable bonds is 4. The van der Waals surface area contributed by atoms with Crippen LogP contribution in [0.25, 0.3) is 5.65 Å². The predicted molar refractivity (Wildman–Crippen MR) is 84.5 cm³/mol. The summed E-state index contributed by atoms with van der Waals surface area (Å²) in [6.07, 6.45) is 6.95. The number of piperidine rings is 1. The average Bonchev–Trinajstić information content (AvgIpc) is 2.97. The number of likely N-dealkylation sites (tertiary alicyclic amines) is 1. The van der Waals surface area contributed by atoms with E-state index in [2.05, 4.69) is 11.9 Å². The zero-order valence-corrected chi connectivity index (χ0v) is 13.0. The largest absolute Gasteiger partial charge is 0.396 e. The van der Waals surface area contributed by atoms with E-state index in [1.807, 2.05) is 39.9 Å². The fraction of sp³-hybridized carbons (Fsp3) is 0.529. The van der Waals surface area contributed by atoms with E-state index in [1.54, 1.807) is 0 Å². The van der Waals surface area contributed by atoms with E-state index in [0.29, 0.717) is 6.42 Å². The van der Waals surface area contributed by atoms with Gasteiger partial charge in [-0.3, -0.25) is 4.79 Å². The molecule has 0 aromatic carbocycles. The quantitative estimate of drug-likeness (QED) is 0.938. The Kier molecular flexibility index (Phi) is 4.16. The summed E-state index contributed by atoms with van der Waals surface area (Å²) >= 11 is 0. The lowest BCUT2D eigenvalue weighted by Crippen LogP contribution is -2.45. The van der Waals surface area contributed by atoms with Crippen LogP contribution in [0.1, 0.15) is 31.9 Å². The van der Waals surface area contributed by atoms with Crippen LogP contribution in [0, 0.1) is 5.41 Å². The van der Waals surface area contributed by atoms with Gasteiger partial charge in [0, 0.05) is 32.1 Å². The first-order valence-electron chi connectivity index (χ1n) is 7.97. The Morgan fingerprint density at radius 1 is 1.36 bits per heavy atom. The summed E-state index contributed by atoms with van der Waals surface area (Å²) in [7, 11) is 0. The lowest BCUT2D eigenvalue weighted by molar-refractivity contribution is -0.133. The Balaban J connectivity index is 1.63. The molecule has 3 heterocycles. The van der Waals surface area contributed by atoms with Crippen molar-refractivity contribution in [1.29, 1.82) is 0 Å². The first kappa shape index (κ1) is 15.0. The van der Waals surface area contributed by atoms with Crippen LogP contribution in [0.2, 0.25) is 0 Å². The lowest BCUT2D eigenvalue weighted by atomic mass is 9.77. The van der Waals surface area contributed by atoms with E-state index >= 15 is 0 Å². The van der Waals surface area contributed by atoms with Crippen LogP contribution < -0.4 is 0 Å². The summed E-state index contributed by atoms with van der Waals surface area (Å²) in [6, 6.07) is 5.83. The zero-order valence-electron chi connectivity index (χ0n) is 13.0. The van der Waals surface area contributed by atoms with Gasteiger partial charge in [0.1, 0.15) is 5.65 Å². The monoisotopic (exact) mass is 301 g/mol. The first-order valence-corrected chi connectivity index (χ1v) is 7.97. The lowest BCUT2D eigenvalue weighted by Gasteiger charge is -2.40. The third-order valence-corrected chi connectivity index (χ3v) is 5.01. The van der Waals surface area contributed by atoms with Gasteiger partial charge in [0.15, 0.2) is 0 Å². The van der Waals surface area contributed by atoms with E-state index < -0.39 is 0 Å². The molecule has 22 heavy (non-hydrogen) atoms. The van der Waals surface area contributed by atoms with Gasteiger partial charge in [0.2, 0.25) is 5.91 Å². The van der Waals surface area contributed by atoms with Gasteiger partial charge in [-0.25, -0.2) is 4.98 Å². The van der Waals surface area contributed by atoms with Crippen LogP contribution in [-0.4, -0.2) is 45.0 Å². The molecule has 3 rings (SSSR count). The van der Waals surface area contributed by atoms with Crippen molar-refractivity contribution in [3.05, 3.63) is 36.3 Å². The second-order valence-corrected chi connectivity index (χ2v) is 6.27. The minimum Gasteiger partial charge on any atom is -0.396 e. The third kappa shape index (κ3) is 2.86. The molecule has 1 aliphatic heterocycles. The molecule has 5 heteroatoms. The number of hydrogen-bond acceptors (Lipinski definition) is 3. The van der Waals surface area contributed by atoms with Crippen molar-refractivity contribution in [3.63, 3.8) is 0 Å². The molecular formula is C17H23N3O2. The number of hydrogen-bond donors (Lipinski definition) is 1. The number of aromatic nitrogens is 2. The van der Waals surface area contributed by atoms with Crippen LogP contribution in [0.4, 0.5) is 0 Å². The Morgan fingerprint density at radius 2 is 2.14 bits per heavy atom. The molecule has 1 N–H and O–H groups in total. The molecule has 1 fully saturated rings. The average molecular weight is 301 g/mol. The molecule has 0 atom stereocenters. The number of pyridine rings is 1. The summed E-state index contributed by atoms with van der Waals surface area (Å²) < 4.78 is 1.94. The normalized spacial score (nSPS) is 17.8. The van der Waals surface area contributed by atoms with E-state index in [-0.39, 0.29) is 17.9 Å². The molecule has 0 aliphatic carbocycles. The van der Waals surface area contributed by atoms with E-state index in [9.17, 15) is 9.90 Å². The van der Waals surface area contributed by atoms with Gasteiger partial charge >= 0.3 is 0 Å². The van der Waals surface area contributed by atoms with E-state index in [0.717, 1.165) is 43.7 Å². The van der Waals surface area contributed by atoms with Crippen LogP contribution >= 0.6 is 0 Å². The summed E-state index contributed by atoms with van der Waals surface area (Å²) in [5.74, 6) is 0.131. The highest BCUT2D eigenvalue weighted by Crippen LogP contribution is 2.34. The highest BCUT2D eigenvalue weighted by atomic mass is 16.3. The molecule has 118 valence electrons. The standard InChI is InChI=1S/C17H23N3O2/c1-2-17(13-21)6-9-19(10-7-17)16(22)11-14-12-20-8-4-3-5-15(20)18-14/h3-5,8,12,21H,2,6-7,9-11,13H2,1H3. The fourth-order valence-corrected chi connectivity index (χ4v) is 3.19. The molecule has 2 aromatic rings. The van der Waals surface area contributed by atoms with Crippen LogP contribution in [0.5, 0.6) is 0 Å². The zero-order chi connectivity index (χ0) is 15.6. The summed E-state index contributed by atoms with van der Waals surface area (Å²) in [5, 5.41) is 9.57. The van der Waals surface area contributed by atoms with Crippen molar-refractivity contribution < 1.29 is 9.90 Å². The van der Waals surface area contributed by atoms with Gasteiger partial charge in [0.05, 0.1) is 12.1 Å². The Bertz CT molecular complexity index is 618. The van der Waals surface area contributed by atoms with Crippen molar-refractivity contribution in [2.45, 2.75) is 32.6 Å². The molecule has 0 bridgehead atoms. The van der Waals surface area contributed by atoms with Gasteiger partial charge < -0.3 is 14.4 Å². The van der Waals surface area contributed by atoms with Crippen molar-refractivity contribution in [3.8, 4) is 0 Å². The maximum atomic E-state index is 12.4. The van der Waals surface area contributed by atoms with Crippen LogP contribution in [0.3, 0.4) is 0 Å². The first-order chi connectivity index (χ1) is 10.7. The highest BCUT2D eigenvalue weighted by Gasteiger charge is 2.33. The summed E-state index contributed by atoms with van der Waals surface area (Å²) in [5.41, 5.74) is 1.69. The Hall–Kier alpha value is -1.88. The third-order valence-electron chi connectivity index (χ3n) is 5.01. The van der Waals surface area contributed by atoms with Gasteiger partial charge in [-0.1, -0.05) is 13.0 Å². The van der Waals surface area contributed by atoms with Crippen molar-refractivity contribution >= 4 is 11.6 Å². The maximum Gasteiger partial charge on any atom is 0.228 e. The molecule has 5 nitrogen and oxygen atoms in total. The predicted octanol–water partition coefficient (Wildman–Crippen LogP) is 1.89. The summed E-state index contributed by atoms with van der Waals surface area (Å²) in [6.45, 7) is 3.81. The Labute approximate surface area is 130 Å². The van der Waals surface area contributed by atoms with Gasteiger partial charge in [-0.15, -0.1) is 0 Å². The van der Waals surface area contributed by atoms with Gasteiger partial charge in [-0.2, -0.15) is 0 Å². The second kappa shape index (κ2) is 6.08. The maximum absolute atomic E-state index is 12.4. The smallest absolute Gasteiger partial charge is 0.228 e. The van der Waals surface area contributed by atoms with Crippen LogP contribution in [-0.2, 0) is 11.2 Å². The van der Waals surface area contributed by atoms with Crippen molar-refractivity contribution in [1.82, 2.24) is 14.3 Å². The number of fused-ring (bicyclic) bond motifs is 1. The molecule has 0 saturated carbocycles. The molecule has 1 saturated heterocycles. The number of carbonyl (C=O) groups excluding carboxylic acids is 1. The van der Waals surface area contributed by atoms with E-state index in [4.69, 9.17) is 0 Å². The number of amides is 1. The van der Waals surface area contributed by atoms with Crippen LogP contribution in [0.15, 0.2) is 30.6 Å². The number of carbonyl (C=O) groups is 1. The molecule has 1 amide bonds. The molecule has 0 spiro atoms. The SMILES string of the molecule is CCC1(CO)CCN(C(=O)Cc2cn3ccccc3n2)CC1. The van der Waals surface area contributed by atoms with E-state index in [1.165, 1.54) is 0 Å². The Morgan fingerprint density at radius 3 is 2.77 bits per heavy atom. The molecule has 1 aliphatic rings. The molecular weight excluding hydrogens is 278 g/mol. The molecule has 2 aromatic heterocycles. The number of nitrogens with zero attached hydrogens (tertiary/aromatic N) is 3. The number of imidazole rings is 1. The van der Waals surface area contributed by atoms with Crippen molar-refractivity contribution in [2.24, 2.45) is 5.41 Å². The fourth-order valence-electron chi connectivity index (χ4n) is 3.19.